The fourth-order valence-electron chi connectivity index (χ4n) is 4.30. The standard InChI is InChI=1S/C19H27N5O3/c1-13-16(14(2)24-18(22-13)20-12-21-24)3-4-17(25)23-15-5-8-27-19(11-15)6-9-26-10-7-19/h12,15H,3-11H2,1-2H3,(H,23,25)/t15-/m1/s1. The van der Waals surface area contributed by atoms with Crippen LogP contribution in [0, 0.1) is 13.8 Å². The number of amides is 1. The number of carbonyl (C=O) groups excluding carboxylic acids is 1. The molecule has 146 valence electrons. The topological polar surface area (TPSA) is 90.6 Å². The average Bonchev–Trinajstić information content (AvgIpc) is 3.11. The van der Waals surface area contributed by atoms with Gasteiger partial charge in [0.15, 0.2) is 0 Å². The molecule has 2 aromatic rings. The van der Waals surface area contributed by atoms with Gasteiger partial charge in [-0.1, -0.05) is 0 Å². The first-order valence-corrected chi connectivity index (χ1v) is 9.73. The molecule has 1 spiro atoms. The maximum Gasteiger partial charge on any atom is 0.252 e. The summed E-state index contributed by atoms with van der Waals surface area (Å²) >= 11 is 0. The molecule has 4 heterocycles. The number of carbonyl (C=O) groups is 1. The van der Waals surface area contributed by atoms with Gasteiger partial charge in [-0.25, -0.2) is 9.50 Å². The van der Waals surface area contributed by atoms with Crippen molar-refractivity contribution in [1.82, 2.24) is 24.9 Å². The van der Waals surface area contributed by atoms with Gasteiger partial charge in [-0.05, 0) is 51.5 Å². The Bertz CT molecular complexity index is 823. The van der Waals surface area contributed by atoms with E-state index in [2.05, 4.69) is 20.4 Å². The number of ether oxygens (including phenoxy) is 2. The second-order valence-corrected chi connectivity index (χ2v) is 7.63. The van der Waals surface area contributed by atoms with Gasteiger partial charge in [0.05, 0.1) is 5.60 Å². The molecule has 1 atom stereocenters. The molecule has 2 fully saturated rings. The maximum absolute atomic E-state index is 12.6. The molecule has 4 rings (SSSR count). The van der Waals surface area contributed by atoms with Crippen molar-refractivity contribution in [1.29, 1.82) is 0 Å². The van der Waals surface area contributed by atoms with E-state index in [0.29, 0.717) is 25.2 Å². The highest BCUT2D eigenvalue weighted by atomic mass is 16.5. The van der Waals surface area contributed by atoms with Gasteiger partial charge in [0, 0.05) is 43.7 Å². The summed E-state index contributed by atoms with van der Waals surface area (Å²) in [6, 6.07) is 0.183. The van der Waals surface area contributed by atoms with Crippen molar-refractivity contribution in [2.24, 2.45) is 0 Å². The Morgan fingerprint density at radius 2 is 2.15 bits per heavy atom. The number of hydrogen-bond donors (Lipinski definition) is 1. The number of nitrogens with one attached hydrogen (secondary N) is 1. The predicted molar refractivity (Wildman–Crippen MR) is 98.5 cm³/mol. The Balaban J connectivity index is 1.36. The van der Waals surface area contributed by atoms with Crippen molar-refractivity contribution in [2.75, 3.05) is 19.8 Å². The number of nitrogens with zero attached hydrogens (tertiary/aromatic N) is 4. The van der Waals surface area contributed by atoms with Gasteiger partial charge < -0.3 is 14.8 Å². The maximum atomic E-state index is 12.6. The highest BCUT2D eigenvalue weighted by Gasteiger charge is 2.39. The summed E-state index contributed by atoms with van der Waals surface area (Å²) in [6.45, 7) is 6.16. The van der Waals surface area contributed by atoms with Crippen molar-refractivity contribution in [3.63, 3.8) is 0 Å². The van der Waals surface area contributed by atoms with Crippen molar-refractivity contribution in [2.45, 2.75) is 64.0 Å². The molecular formula is C19H27N5O3. The summed E-state index contributed by atoms with van der Waals surface area (Å²) in [5, 5.41) is 7.42. The van der Waals surface area contributed by atoms with Gasteiger partial charge in [0.1, 0.15) is 6.33 Å². The van der Waals surface area contributed by atoms with Gasteiger partial charge in [-0.2, -0.15) is 10.1 Å². The molecule has 1 N–H and O–H groups in total. The molecule has 8 nitrogen and oxygen atoms in total. The minimum Gasteiger partial charge on any atom is -0.381 e. The van der Waals surface area contributed by atoms with Crippen LogP contribution in [0.2, 0.25) is 0 Å². The highest BCUT2D eigenvalue weighted by Crippen LogP contribution is 2.34. The van der Waals surface area contributed by atoms with E-state index >= 15 is 0 Å². The van der Waals surface area contributed by atoms with E-state index in [4.69, 9.17) is 9.47 Å². The van der Waals surface area contributed by atoms with E-state index in [-0.39, 0.29) is 17.6 Å². The van der Waals surface area contributed by atoms with Crippen LogP contribution in [0.3, 0.4) is 0 Å². The second kappa shape index (κ2) is 7.52. The Labute approximate surface area is 158 Å². The minimum atomic E-state index is -0.107. The van der Waals surface area contributed by atoms with Gasteiger partial charge in [0.2, 0.25) is 5.91 Å². The van der Waals surface area contributed by atoms with Gasteiger partial charge in [0.25, 0.3) is 5.78 Å². The van der Waals surface area contributed by atoms with Crippen LogP contribution >= 0.6 is 0 Å². The molecule has 2 aliphatic heterocycles. The van der Waals surface area contributed by atoms with Crippen LogP contribution in [0.4, 0.5) is 0 Å². The van der Waals surface area contributed by atoms with Crippen molar-refractivity contribution in [3.05, 3.63) is 23.3 Å². The van der Waals surface area contributed by atoms with Gasteiger partial charge in [-0.15, -0.1) is 0 Å². The Morgan fingerprint density at radius 1 is 1.33 bits per heavy atom. The molecule has 8 heteroatoms. The quantitative estimate of drug-likeness (QED) is 0.874. The van der Waals surface area contributed by atoms with Crippen molar-refractivity contribution in [3.8, 4) is 0 Å². The van der Waals surface area contributed by atoms with Gasteiger partial charge >= 0.3 is 0 Å². The molecular weight excluding hydrogens is 346 g/mol. The fraction of sp³-hybridized carbons (Fsp3) is 0.684. The van der Waals surface area contributed by atoms with E-state index < -0.39 is 0 Å². The van der Waals surface area contributed by atoms with Crippen LogP contribution < -0.4 is 5.32 Å². The summed E-state index contributed by atoms with van der Waals surface area (Å²) in [5.41, 5.74) is 2.86. The second-order valence-electron chi connectivity index (χ2n) is 7.63. The first kappa shape index (κ1) is 18.3. The van der Waals surface area contributed by atoms with Crippen LogP contribution in [0.15, 0.2) is 6.33 Å². The molecule has 0 saturated carbocycles. The molecule has 0 radical (unpaired) electrons. The highest BCUT2D eigenvalue weighted by molar-refractivity contribution is 5.76. The Morgan fingerprint density at radius 3 is 2.96 bits per heavy atom. The van der Waals surface area contributed by atoms with Crippen LogP contribution in [0.5, 0.6) is 0 Å². The first-order valence-electron chi connectivity index (χ1n) is 9.73. The number of aromatic nitrogens is 4. The molecule has 2 saturated heterocycles. The average molecular weight is 373 g/mol. The molecule has 2 aliphatic rings. The van der Waals surface area contributed by atoms with Crippen LogP contribution in [0.25, 0.3) is 5.78 Å². The lowest BCUT2D eigenvalue weighted by molar-refractivity contribution is -0.144. The van der Waals surface area contributed by atoms with E-state index in [1.165, 1.54) is 6.33 Å². The largest absolute Gasteiger partial charge is 0.381 e. The van der Waals surface area contributed by atoms with Crippen molar-refractivity contribution >= 4 is 11.7 Å². The summed E-state index contributed by atoms with van der Waals surface area (Å²) in [5.74, 6) is 0.684. The SMILES string of the molecule is Cc1nc2ncnn2c(C)c1CCC(=O)N[C@@H]1CCOC2(CCOCC2)C1. The van der Waals surface area contributed by atoms with Crippen LogP contribution in [-0.4, -0.2) is 57.0 Å². The summed E-state index contributed by atoms with van der Waals surface area (Å²) in [6.07, 6.45) is 6.18. The molecule has 1 amide bonds. The third-order valence-corrected chi connectivity index (χ3v) is 5.85. The van der Waals surface area contributed by atoms with Crippen molar-refractivity contribution < 1.29 is 14.3 Å². The van der Waals surface area contributed by atoms with Crippen LogP contribution in [-0.2, 0) is 20.7 Å². The monoisotopic (exact) mass is 373 g/mol. The Kier molecular flexibility index (Phi) is 5.10. The number of rotatable bonds is 4. The lowest BCUT2D eigenvalue weighted by atomic mass is 9.84. The smallest absolute Gasteiger partial charge is 0.252 e. The molecule has 27 heavy (non-hydrogen) atoms. The zero-order chi connectivity index (χ0) is 18.9. The Hall–Kier alpha value is -2.06. The predicted octanol–water partition coefficient (Wildman–Crippen LogP) is 1.52. The van der Waals surface area contributed by atoms with E-state index in [1.54, 1.807) is 4.52 Å². The third kappa shape index (κ3) is 3.82. The van der Waals surface area contributed by atoms with Crippen LogP contribution in [0.1, 0.15) is 49.1 Å². The third-order valence-electron chi connectivity index (χ3n) is 5.85. The first-order chi connectivity index (χ1) is 13.1. The van der Waals surface area contributed by atoms with E-state index in [1.807, 2.05) is 13.8 Å². The molecule has 0 bridgehead atoms. The number of fused-ring (bicyclic) bond motifs is 1. The normalized spacial score (nSPS) is 22.2. The number of hydrogen-bond acceptors (Lipinski definition) is 6. The summed E-state index contributed by atoms with van der Waals surface area (Å²) in [7, 11) is 0. The molecule has 0 unspecified atom stereocenters. The molecule has 0 aliphatic carbocycles. The molecule has 0 aromatic carbocycles. The lowest BCUT2D eigenvalue weighted by Gasteiger charge is -2.43. The summed E-state index contributed by atoms with van der Waals surface area (Å²) < 4.78 is 13.2. The molecule has 2 aromatic heterocycles. The minimum absolute atomic E-state index is 0.0848. The lowest BCUT2D eigenvalue weighted by Crippen LogP contribution is -2.51. The van der Waals surface area contributed by atoms with E-state index in [0.717, 1.165) is 55.8 Å². The summed E-state index contributed by atoms with van der Waals surface area (Å²) in [4.78, 5) is 21.2. The number of aryl methyl sites for hydroxylation is 2. The zero-order valence-electron chi connectivity index (χ0n) is 16.0. The van der Waals surface area contributed by atoms with Gasteiger partial charge in [-0.3, -0.25) is 4.79 Å². The zero-order valence-corrected chi connectivity index (χ0v) is 16.0. The fourth-order valence-corrected chi connectivity index (χ4v) is 4.30. The van der Waals surface area contributed by atoms with E-state index in [9.17, 15) is 4.79 Å².